The Hall–Kier alpha value is -2.33. The molecular weight excluding hydrogens is 624 g/mol. The Labute approximate surface area is 292 Å². The van der Waals surface area contributed by atoms with Crippen LogP contribution < -0.4 is 0 Å². The van der Waals surface area contributed by atoms with Crippen molar-refractivity contribution in [3.8, 4) is 0 Å². The lowest BCUT2D eigenvalue weighted by atomic mass is 9.32. The van der Waals surface area contributed by atoms with Gasteiger partial charge in [0.2, 0.25) is 0 Å². The minimum absolute atomic E-state index is 0.0385. The van der Waals surface area contributed by atoms with Crippen LogP contribution in [-0.2, 0) is 23.9 Å². The first-order valence-electron chi connectivity index (χ1n) is 18.2. The predicted molar refractivity (Wildman–Crippen MR) is 185 cm³/mol. The van der Waals surface area contributed by atoms with Crippen LogP contribution >= 0.6 is 0 Å². The van der Waals surface area contributed by atoms with Gasteiger partial charge in [-0.1, -0.05) is 65.3 Å². The van der Waals surface area contributed by atoms with E-state index in [0.717, 1.165) is 18.3 Å². The van der Waals surface area contributed by atoms with E-state index < -0.39 is 82.1 Å². The number of hydrogen-bond donors (Lipinski definition) is 4. The fourth-order valence-corrected chi connectivity index (χ4v) is 11.8. The van der Waals surface area contributed by atoms with Crippen molar-refractivity contribution >= 4 is 18.2 Å². The number of carbonyl (C=O) groups excluding carboxylic acids is 3. The molecule has 0 radical (unpaired) electrons. The van der Waals surface area contributed by atoms with Crippen molar-refractivity contribution in [2.45, 2.75) is 138 Å². The van der Waals surface area contributed by atoms with Gasteiger partial charge >= 0.3 is 11.9 Å². The molecule has 5 rings (SSSR count). The molecule has 0 aromatic carbocycles. The molecule has 0 heterocycles. The van der Waals surface area contributed by atoms with E-state index in [1.807, 2.05) is 27.7 Å². The molecule has 0 amide bonds. The maximum Gasteiger partial charge on any atom is 0.333 e. The van der Waals surface area contributed by atoms with Crippen LogP contribution in [-0.4, -0.2) is 75.8 Å². The van der Waals surface area contributed by atoms with Gasteiger partial charge in [0.25, 0.3) is 0 Å². The molecule has 274 valence electrons. The molecule has 0 bridgehead atoms. The number of ether oxygens (including phenoxy) is 2. The summed E-state index contributed by atoms with van der Waals surface area (Å²) in [5.74, 6) is -1.74. The number of esters is 2. The summed E-state index contributed by atoms with van der Waals surface area (Å²) in [4.78, 5) is 39.4. The van der Waals surface area contributed by atoms with Crippen molar-refractivity contribution in [2.24, 2.45) is 50.2 Å². The number of aliphatic hydroxyl groups is 4. The molecule has 4 fully saturated rings. The van der Waals surface area contributed by atoms with E-state index in [1.165, 1.54) is 0 Å². The van der Waals surface area contributed by atoms with E-state index in [-0.39, 0.29) is 17.3 Å². The Morgan fingerprint density at radius 1 is 0.857 bits per heavy atom. The minimum atomic E-state index is -1.58. The van der Waals surface area contributed by atoms with Gasteiger partial charge in [-0.3, -0.25) is 0 Å². The van der Waals surface area contributed by atoms with E-state index >= 15 is 0 Å². The molecule has 4 saturated carbocycles. The van der Waals surface area contributed by atoms with Gasteiger partial charge < -0.3 is 34.7 Å². The van der Waals surface area contributed by atoms with E-state index in [0.29, 0.717) is 43.3 Å². The highest BCUT2D eigenvalue weighted by atomic mass is 16.6. The smallest absolute Gasteiger partial charge is 0.333 e. The Balaban J connectivity index is 1.69. The Bertz CT molecular complexity index is 1460. The summed E-state index contributed by atoms with van der Waals surface area (Å²) < 4.78 is 12.4. The monoisotopic (exact) mass is 684 g/mol. The molecule has 0 saturated heterocycles. The van der Waals surface area contributed by atoms with Gasteiger partial charge in [-0.2, -0.15) is 0 Å². The van der Waals surface area contributed by atoms with Crippen molar-refractivity contribution in [3.63, 3.8) is 0 Å². The van der Waals surface area contributed by atoms with Gasteiger partial charge in [0, 0.05) is 22.0 Å². The third-order valence-electron chi connectivity index (χ3n) is 15.4. The third-order valence-corrected chi connectivity index (χ3v) is 15.4. The highest BCUT2D eigenvalue weighted by molar-refractivity contribution is 5.88. The summed E-state index contributed by atoms with van der Waals surface area (Å²) in [5, 5.41) is 47.7. The number of fused-ring (bicyclic) bond motifs is 7. The highest BCUT2D eigenvalue weighted by Crippen LogP contribution is 2.75. The van der Waals surface area contributed by atoms with Crippen molar-refractivity contribution < 1.29 is 44.3 Å². The van der Waals surface area contributed by atoms with Crippen molar-refractivity contribution in [1.29, 1.82) is 0 Å². The van der Waals surface area contributed by atoms with E-state index in [4.69, 9.17) is 9.47 Å². The van der Waals surface area contributed by atoms with Gasteiger partial charge in [0.1, 0.15) is 12.4 Å². The standard InChI is InChI=1S/C40H60O9/c1-11-22(3)33(46)48-31-32(49-34(47)23(4)12-2)40(21-42)25(19-35(31,5)6)24-13-14-27-36(7)17-16-28(43)37(8,20-41)26(36)15-18-38(27,9)39(24,10)29(44)30(40)45/h11-13,20,25-32,42-45H,14-19,21H2,1-10H3/b22-11-,23-12-/t25-,26+,27+,28-,29-,30+,31-,32-,36-,37-,38+,39-,40-/m0/s1. The summed E-state index contributed by atoms with van der Waals surface area (Å²) in [6, 6.07) is 0. The zero-order chi connectivity index (χ0) is 36.7. The Kier molecular flexibility index (Phi) is 9.61. The number of rotatable bonds is 6. The lowest BCUT2D eigenvalue weighted by molar-refractivity contribution is -0.291. The first kappa shape index (κ1) is 37.9. The molecule has 0 aliphatic heterocycles. The van der Waals surface area contributed by atoms with Gasteiger partial charge in [-0.25, -0.2) is 9.59 Å². The number of allylic oxidation sites excluding steroid dienone is 3. The van der Waals surface area contributed by atoms with E-state index in [9.17, 15) is 34.8 Å². The quantitative estimate of drug-likeness (QED) is 0.128. The maximum absolute atomic E-state index is 13.5. The van der Waals surface area contributed by atoms with E-state index in [2.05, 4.69) is 19.9 Å². The van der Waals surface area contributed by atoms with Crippen LogP contribution in [0.1, 0.15) is 108 Å². The summed E-state index contributed by atoms with van der Waals surface area (Å²) in [6.07, 6.45) is 4.19. The average Bonchev–Trinajstić information content (AvgIpc) is 3.06. The number of aldehydes is 1. The van der Waals surface area contributed by atoms with Crippen LogP contribution in [0.5, 0.6) is 0 Å². The van der Waals surface area contributed by atoms with Crippen molar-refractivity contribution in [1.82, 2.24) is 0 Å². The lowest BCUT2D eigenvalue weighted by Gasteiger charge is -2.73. The molecular formula is C40H60O9. The third kappa shape index (κ3) is 4.95. The van der Waals surface area contributed by atoms with Gasteiger partial charge in [-0.15, -0.1) is 0 Å². The van der Waals surface area contributed by atoms with Crippen molar-refractivity contribution in [3.05, 3.63) is 34.9 Å². The molecule has 5 aliphatic carbocycles. The molecule has 5 aliphatic rings. The first-order chi connectivity index (χ1) is 22.7. The van der Waals surface area contributed by atoms with Gasteiger partial charge in [0.05, 0.1) is 35.7 Å². The normalized spacial score (nSPS) is 47.8. The number of hydrogen-bond acceptors (Lipinski definition) is 9. The summed E-state index contributed by atoms with van der Waals surface area (Å²) in [7, 11) is 0. The average molecular weight is 685 g/mol. The lowest BCUT2D eigenvalue weighted by Crippen LogP contribution is -2.76. The fourth-order valence-electron chi connectivity index (χ4n) is 11.8. The van der Waals surface area contributed by atoms with Crippen LogP contribution in [0.15, 0.2) is 34.9 Å². The summed E-state index contributed by atoms with van der Waals surface area (Å²) in [6.45, 7) is 18.4. The van der Waals surface area contributed by atoms with Gasteiger partial charge in [-0.05, 0) is 94.8 Å². The predicted octanol–water partition coefficient (Wildman–Crippen LogP) is 5.24. The zero-order valence-electron chi connectivity index (χ0n) is 31.2. The SMILES string of the molecule is C/C=C(/C)C(=O)O[C@H]1[C@H](OC(=O)/C(C)=C\C)[C@]2(CO)[C@H](O)[C@H](O)[C@]3(C)C(=CC[C@@H]4[C@@]5(C)CC[C@H](O)[C@@](C)(C=O)[C@@H]5CC[C@]43C)[C@@H]2CC1(C)C. The topological polar surface area (TPSA) is 151 Å². The molecule has 0 spiro atoms. The van der Waals surface area contributed by atoms with Crippen molar-refractivity contribution in [2.75, 3.05) is 6.61 Å². The molecule has 0 unspecified atom stereocenters. The Morgan fingerprint density at radius 3 is 1.96 bits per heavy atom. The van der Waals surface area contributed by atoms with Crippen LogP contribution in [0, 0.1) is 50.2 Å². The highest BCUT2D eigenvalue weighted by Gasteiger charge is 2.76. The molecule has 13 atom stereocenters. The van der Waals surface area contributed by atoms with Gasteiger partial charge in [0.15, 0.2) is 6.10 Å². The number of aliphatic hydroxyl groups excluding tert-OH is 4. The zero-order valence-corrected chi connectivity index (χ0v) is 31.2. The van der Waals surface area contributed by atoms with Crippen LogP contribution in [0.3, 0.4) is 0 Å². The molecule has 4 N–H and O–H groups in total. The maximum atomic E-state index is 13.5. The molecule has 0 aromatic heterocycles. The molecule has 9 nitrogen and oxygen atoms in total. The second-order valence-corrected chi connectivity index (χ2v) is 17.7. The summed E-state index contributed by atoms with van der Waals surface area (Å²) in [5.41, 5.74) is -3.33. The first-order valence-corrected chi connectivity index (χ1v) is 18.2. The molecule has 49 heavy (non-hydrogen) atoms. The largest absolute Gasteiger partial charge is 0.454 e. The number of carbonyl (C=O) groups is 3. The Morgan fingerprint density at radius 2 is 1.43 bits per heavy atom. The fraction of sp³-hybridized carbons (Fsp3) is 0.775. The summed E-state index contributed by atoms with van der Waals surface area (Å²) >= 11 is 0. The van der Waals surface area contributed by atoms with E-state index in [1.54, 1.807) is 39.8 Å². The van der Waals surface area contributed by atoms with Crippen LogP contribution in [0.4, 0.5) is 0 Å². The molecule has 0 aromatic rings. The van der Waals surface area contributed by atoms with Crippen LogP contribution in [0.25, 0.3) is 0 Å². The van der Waals surface area contributed by atoms with Crippen LogP contribution in [0.2, 0.25) is 0 Å². The minimum Gasteiger partial charge on any atom is -0.454 e. The second-order valence-electron chi connectivity index (χ2n) is 17.7. The molecule has 9 heteroatoms. The second kappa shape index (κ2) is 12.4.